The number of halogens is 1. The lowest BCUT2D eigenvalue weighted by Gasteiger charge is -2.44. The number of piperidine rings is 3. The van der Waals surface area contributed by atoms with E-state index in [1.54, 1.807) is 23.1 Å². The molecular weight excluding hydrogens is 948 g/mol. The first-order chi connectivity index (χ1) is 33.0. The molecule has 5 N–H and O–H groups in total. The number of amides is 3. The summed E-state index contributed by atoms with van der Waals surface area (Å²) < 4.78 is 35.0. The van der Waals surface area contributed by atoms with Crippen LogP contribution in [0.1, 0.15) is 89.6 Å². The van der Waals surface area contributed by atoms with Crippen molar-refractivity contribution in [1.82, 2.24) is 24.6 Å². The van der Waals surface area contributed by atoms with Gasteiger partial charge in [-0.25, -0.2) is 23.0 Å². The van der Waals surface area contributed by atoms with Gasteiger partial charge in [-0.05, 0) is 92.6 Å². The zero-order valence-electron chi connectivity index (χ0n) is 37.5. The van der Waals surface area contributed by atoms with Crippen LogP contribution in [0, 0.1) is 0 Å². The van der Waals surface area contributed by atoms with Crippen molar-refractivity contribution in [1.29, 1.82) is 0 Å². The number of rotatable bonds is 13. The largest absolute Gasteiger partial charge is 0.479 e. The maximum atomic E-state index is 14.1. The fourth-order valence-electron chi connectivity index (χ4n) is 10.5. The lowest BCUT2D eigenvalue weighted by molar-refractivity contribution is -0.139. The van der Waals surface area contributed by atoms with E-state index in [1.165, 1.54) is 10.5 Å². The molecule has 3 saturated heterocycles. The van der Waals surface area contributed by atoms with Gasteiger partial charge in [-0.2, -0.15) is 4.31 Å². The van der Waals surface area contributed by atoms with Crippen LogP contribution in [0.5, 0.6) is 5.75 Å². The van der Waals surface area contributed by atoms with Crippen LogP contribution in [0.4, 0.5) is 17.2 Å². The number of aromatic amines is 1. The maximum Gasteiger partial charge on any atom is 0.349 e. The number of carbonyl (C=O) groups is 5. The number of aromatic nitrogens is 3. The van der Waals surface area contributed by atoms with Gasteiger partial charge in [0.2, 0.25) is 21.8 Å². The van der Waals surface area contributed by atoms with Crippen molar-refractivity contribution in [3.8, 4) is 16.2 Å². The number of H-pyrrole nitrogens is 1. The van der Waals surface area contributed by atoms with Gasteiger partial charge in [0, 0.05) is 60.3 Å². The van der Waals surface area contributed by atoms with Crippen molar-refractivity contribution in [2.75, 3.05) is 41.4 Å². The number of aromatic carboxylic acids is 1. The molecule has 0 radical (unpaired) electrons. The molecule has 6 aromatic rings. The quantitative estimate of drug-likeness (QED) is 0.0733. The minimum atomic E-state index is -3.84. The van der Waals surface area contributed by atoms with Crippen molar-refractivity contribution in [3.05, 3.63) is 93.6 Å². The van der Waals surface area contributed by atoms with Gasteiger partial charge in [0.15, 0.2) is 22.9 Å². The van der Waals surface area contributed by atoms with E-state index in [0.717, 1.165) is 65.1 Å². The predicted molar refractivity (Wildman–Crippen MR) is 260 cm³/mol. The van der Waals surface area contributed by atoms with Gasteiger partial charge in [0.1, 0.15) is 28.2 Å². The lowest BCUT2D eigenvalue weighted by atomic mass is 9.85. The molecule has 4 aliphatic rings. The predicted octanol–water partition coefficient (Wildman–Crippen LogP) is 6.99. The van der Waals surface area contributed by atoms with Gasteiger partial charge in [-0.15, -0.1) is 11.3 Å². The minimum absolute atomic E-state index is 0.00366. The summed E-state index contributed by atoms with van der Waals surface area (Å²) in [5, 5.41) is 26.5. The minimum Gasteiger partial charge on any atom is -0.479 e. The average molecular weight is 996 g/mol. The number of nitrogens with one attached hydrogen (secondary N) is 3. The first-order valence-corrected chi connectivity index (χ1v) is 25.4. The van der Waals surface area contributed by atoms with Crippen LogP contribution in [0.25, 0.3) is 32.4 Å². The number of fused-ring (bicyclic) bond motifs is 1. The number of nitrogens with zero attached hydrogens (tertiary/aromatic N) is 5. The third-order valence-corrected chi connectivity index (χ3v) is 17.2. The van der Waals surface area contributed by atoms with Crippen molar-refractivity contribution in [2.45, 2.75) is 81.7 Å². The summed E-state index contributed by atoms with van der Waals surface area (Å²) in [5.41, 5.74) is 4.40. The molecule has 18 nitrogen and oxygen atoms in total. The Bertz CT molecular complexity index is 3240. The van der Waals surface area contributed by atoms with Gasteiger partial charge >= 0.3 is 11.9 Å². The second kappa shape index (κ2) is 17.7. The highest BCUT2D eigenvalue weighted by molar-refractivity contribution is 7.88. The SMILES string of the molecule is CC1(C)CC(Nc2cccc(-c3sc(C(=O)O)c(OCC(=O)O)c3Cl)c2)CCN1S(=O)(=O)Cc1cnc2cc(N3CCC(c4ccc5c6c(cccc46)C(=O)N5C4CCC(=O)NC4=O)CC3)[nH]c2n1. The van der Waals surface area contributed by atoms with Crippen molar-refractivity contribution >= 4 is 102 Å². The number of thiophene rings is 1. The maximum absolute atomic E-state index is 14.1. The first-order valence-electron chi connectivity index (χ1n) is 22.6. The molecule has 0 aliphatic carbocycles. The van der Waals surface area contributed by atoms with Crippen LogP contribution >= 0.6 is 22.9 Å². The summed E-state index contributed by atoms with van der Waals surface area (Å²) >= 11 is 7.42. The van der Waals surface area contributed by atoms with Crippen LogP contribution in [0.3, 0.4) is 0 Å². The molecule has 3 aromatic carbocycles. The molecule has 2 atom stereocenters. The summed E-state index contributed by atoms with van der Waals surface area (Å²) in [4.78, 5) is 78.1. The molecule has 69 heavy (non-hydrogen) atoms. The fourth-order valence-corrected chi connectivity index (χ4v) is 13.8. The van der Waals surface area contributed by atoms with Crippen LogP contribution in [-0.2, 0) is 30.2 Å². The van der Waals surface area contributed by atoms with Crippen molar-refractivity contribution in [3.63, 3.8) is 0 Å². The van der Waals surface area contributed by atoms with Gasteiger partial charge < -0.3 is 30.2 Å². The summed E-state index contributed by atoms with van der Waals surface area (Å²) in [5.74, 6) is -3.05. The highest BCUT2D eigenvalue weighted by Gasteiger charge is 2.43. The van der Waals surface area contributed by atoms with Crippen LogP contribution in [-0.4, -0.2) is 111 Å². The molecule has 3 aromatic heterocycles. The Kier molecular flexibility index (Phi) is 11.9. The third-order valence-electron chi connectivity index (χ3n) is 13.5. The zero-order chi connectivity index (χ0) is 48.5. The van der Waals surface area contributed by atoms with E-state index in [2.05, 4.69) is 31.6 Å². The van der Waals surface area contributed by atoms with Gasteiger partial charge in [0.25, 0.3) is 5.91 Å². The molecule has 21 heteroatoms. The van der Waals surface area contributed by atoms with E-state index in [9.17, 15) is 37.5 Å². The number of anilines is 3. The number of carboxylic acids is 2. The molecule has 7 heterocycles. The van der Waals surface area contributed by atoms with Crippen LogP contribution in [0.2, 0.25) is 5.02 Å². The van der Waals surface area contributed by atoms with E-state index in [1.807, 2.05) is 50.2 Å². The van der Waals surface area contributed by atoms with E-state index >= 15 is 0 Å². The van der Waals surface area contributed by atoms with Crippen molar-refractivity contribution < 1.29 is 47.3 Å². The Balaban J connectivity index is 0.778. The van der Waals surface area contributed by atoms with Crippen LogP contribution < -0.4 is 25.2 Å². The smallest absolute Gasteiger partial charge is 0.349 e. The number of benzene rings is 3. The Labute approximate surface area is 404 Å². The molecule has 3 fully saturated rings. The molecule has 0 saturated carbocycles. The zero-order valence-corrected chi connectivity index (χ0v) is 39.8. The molecular formula is C48H47ClN8O10S2. The summed E-state index contributed by atoms with van der Waals surface area (Å²) in [6, 6.07) is 18.0. The Morgan fingerprint density at radius 3 is 2.52 bits per heavy atom. The monoisotopic (exact) mass is 994 g/mol. The number of ether oxygens (including phenoxy) is 1. The van der Waals surface area contributed by atoms with E-state index in [4.69, 9.17) is 26.4 Å². The Morgan fingerprint density at radius 2 is 1.78 bits per heavy atom. The highest BCUT2D eigenvalue weighted by Crippen LogP contribution is 2.47. The summed E-state index contributed by atoms with van der Waals surface area (Å²) in [7, 11) is -3.84. The standard InChI is InChI=1S/C48H47ClN8O10S2/c1-48(2)21-28(51-27-6-3-5-26(19-27)42-40(49)41(67-23-38(59)60)43(68-42)47(63)64)15-18-56(48)69(65,66)24-29-22-50-33-20-36(53-44(33)52-29)55-16-13-25(14-17-55)30-9-10-34-39-31(30)7-4-8-32(39)46(62)57(34)35-11-12-37(58)54-45(35)61/h3-10,19-20,22,25,28,35,51H,11-18,21,23-24H2,1-2H3,(H,52,53)(H,59,60)(H,63,64)(H,54,58,61). The number of sulfonamides is 1. The Hall–Kier alpha value is -6.61. The molecule has 3 amide bonds. The van der Waals surface area contributed by atoms with Crippen molar-refractivity contribution in [2.24, 2.45) is 0 Å². The second-order valence-corrected chi connectivity index (χ2v) is 21.8. The van der Waals surface area contributed by atoms with Crippen LogP contribution in [0.15, 0.2) is 66.9 Å². The number of carboxylic acid groups (broad SMARTS) is 2. The second-order valence-electron chi connectivity index (χ2n) is 18.5. The topological polar surface area (TPSA) is 245 Å². The number of carbonyl (C=O) groups excluding carboxylic acids is 3. The molecule has 10 rings (SSSR count). The molecule has 0 bridgehead atoms. The number of aliphatic carboxylic acids is 1. The molecule has 0 spiro atoms. The Morgan fingerprint density at radius 1 is 1.00 bits per heavy atom. The molecule has 4 aliphatic heterocycles. The van der Waals surface area contributed by atoms with Gasteiger partial charge in [-0.3, -0.25) is 29.6 Å². The van der Waals surface area contributed by atoms with Gasteiger partial charge in [0.05, 0.1) is 22.5 Å². The molecule has 358 valence electrons. The number of hydrogen-bond donors (Lipinski definition) is 5. The van der Waals surface area contributed by atoms with E-state index in [-0.39, 0.29) is 64.6 Å². The van der Waals surface area contributed by atoms with E-state index < -0.39 is 46.1 Å². The fraction of sp³-hybridized carbons (Fsp3) is 0.354. The number of imide groups is 1. The average Bonchev–Trinajstić information content (AvgIpc) is 3.97. The first kappa shape index (κ1) is 46.1. The van der Waals surface area contributed by atoms with Gasteiger partial charge in [-0.1, -0.05) is 41.9 Å². The van der Waals surface area contributed by atoms with E-state index in [0.29, 0.717) is 51.4 Å². The summed E-state index contributed by atoms with van der Waals surface area (Å²) in [6.07, 6.45) is 4.64. The highest BCUT2D eigenvalue weighted by atomic mass is 35.5. The normalized spacial score (nSPS) is 19.9. The molecule has 2 unspecified atom stereocenters. The third kappa shape index (κ3) is 8.63. The lowest BCUT2D eigenvalue weighted by Crippen LogP contribution is -2.55. The summed E-state index contributed by atoms with van der Waals surface area (Å²) in [6.45, 7) is 4.77. The number of hydrogen-bond acceptors (Lipinski definition) is 13.